The Bertz CT molecular complexity index is 926. The maximum atomic E-state index is 12.3. The molecule has 3 rings (SSSR count). The molecule has 26 heavy (non-hydrogen) atoms. The minimum absolute atomic E-state index is 0.0634. The van der Waals surface area contributed by atoms with Gasteiger partial charge in [-0.3, -0.25) is 4.79 Å². The third-order valence-corrected chi connectivity index (χ3v) is 6.09. The molecular weight excluding hydrogens is 368 g/mol. The third kappa shape index (κ3) is 3.64. The number of rotatable bonds is 6. The van der Waals surface area contributed by atoms with Crippen molar-refractivity contribution in [2.75, 3.05) is 11.9 Å². The smallest absolute Gasteiger partial charge is 0.348 e. The van der Waals surface area contributed by atoms with Crippen molar-refractivity contribution in [3.63, 3.8) is 0 Å². The van der Waals surface area contributed by atoms with Gasteiger partial charge in [0.2, 0.25) is 5.91 Å². The van der Waals surface area contributed by atoms with Crippen LogP contribution in [-0.2, 0) is 9.53 Å². The zero-order valence-corrected chi connectivity index (χ0v) is 16.6. The van der Waals surface area contributed by atoms with Gasteiger partial charge in [-0.1, -0.05) is 19.1 Å². The molecule has 1 amide bonds. The first-order chi connectivity index (χ1) is 12.5. The summed E-state index contributed by atoms with van der Waals surface area (Å²) < 4.78 is 6.23. The van der Waals surface area contributed by atoms with E-state index >= 15 is 0 Å². The van der Waals surface area contributed by atoms with Crippen LogP contribution in [0.15, 0.2) is 24.3 Å². The van der Waals surface area contributed by atoms with Gasteiger partial charge in [-0.25, -0.2) is 9.78 Å². The van der Waals surface area contributed by atoms with E-state index in [0.717, 1.165) is 32.8 Å². The number of carbonyl (C=O) groups is 2. The lowest BCUT2D eigenvalue weighted by molar-refractivity contribution is -0.116. The summed E-state index contributed by atoms with van der Waals surface area (Å²) in [7, 11) is 0. The van der Waals surface area contributed by atoms with Crippen molar-refractivity contribution in [2.24, 2.45) is 0 Å². The van der Waals surface area contributed by atoms with Gasteiger partial charge >= 0.3 is 5.97 Å². The van der Waals surface area contributed by atoms with Crippen molar-refractivity contribution >= 4 is 49.8 Å². The lowest BCUT2D eigenvalue weighted by atomic mass is 10.1. The summed E-state index contributed by atoms with van der Waals surface area (Å²) in [6.07, 6.45) is 1.20. The van der Waals surface area contributed by atoms with Crippen LogP contribution in [0, 0.1) is 6.92 Å². The molecule has 0 spiro atoms. The van der Waals surface area contributed by atoms with Crippen molar-refractivity contribution in [2.45, 2.75) is 33.6 Å². The first kappa shape index (κ1) is 18.5. The Hall–Kier alpha value is -2.25. The summed E-state index contributed by atoms with van der Waals surface area (Å²) in [5.41, 5.74) is 2.50. The lowest BCUT2D eigenvalue weighted by Gasteiger charge is -2.04. The molecule has 0 radical (unpaired) electrons. The topological polar surface area (TPSA) is 68.3 Å². The van der Waals surface area contributed by atoms with Gasteiger partial charge in [0.1, 0.15) is 14.9 Å². The molecule has 5 nitrogen and oxygen atoms in total. The van der Waals surface area contributed by atoms with Crippen LogP contribution in [0.25, 0.3) is 20.8 Å². The summed E-state index contributed by atoms with van der Waals surface area (Å²) in [5, 5.41) is 4.40. The minimum Gasteiger partial charge on any atom is -0.462 e. The number of para-hydroxylation sites is 1. The standard InChI is InChI=1S/C19H20N2O3S2/c1-4-8-14(22)21-18-15(11(3)16(26-18)19(23)24-5-2)17-20-12-9-6-7-10-13(12)25-17/h6-7,9-10H,4-5,8H2,1-3H3,(H,21,22). The maximum Gasteiger partial charge on any atom is 0.348 e. The number of anilines is 1. The predicted octanol–water partition coefficient (Wildman–Crippen LogP) is 5.25. The number of amides is 1. The Kier molecular flexibility index (Phi) is 5.68. The largest absolute Gasteiger partial charge is 0.462 e. The van der Waals surface area contributed by atoms with E-state index in [-0.39, 0.29) is 11.9 Å². The quantitative estimate of drug-likeness (QED) is 0.586. The second-order valence-electron chi connectivity index (χ2n) is 5.77. The third-order valence-electron chi connectivity index (χ3n) is 3.85. The molecule has 2 aromatic heterocycles. The average molecular weight is 389 g/mol. The molecule has 0 saturated carbocycles. The van der Waals surface area contributed by atoms with Gasteiger partial charge in [0, 0.05) is 12.0 Å². The van der Waals surface area contributed by atoms with Gasteiger partial charge in [0.25, 0.3) is 0 Å². The van der Waals surface area contributed by atoms with E-state index in [9.17, 15) is 9.59 Å². The van der Waals surface area contributed by atoms with Crippen LogP contribution >= 0.6 is 22.7 Å². The molecule has 3 aromatic rings. The molecule has 1 N–H and O–H groups in total. The molecule has 0 atom stereocenters. The first-order valence-corrected chi connectivity index (χ1v) is 10.1. The number of carbonyl (C=O) groups excluding carboxylic acids is 2. The number of hydrogen-bond acceptors (Lipinski definition) is 6. The highest BCUT2D eigenvalue weighted by Crippen LogP contribution is 2.43. The van der Waals surface area contributed by atoms with Crippen LogP contribution in [0.5, 0.6) is 0 Å². The van der Waals surface area contributed by atoms with E-state index < -0.39 is 0 Å². The number of benzene rings is 1. The second-order valence-corrected chi connectivity index (χ2v) is 7.82. The molecule has 0 bridgehead atoms. The van der Waals surface area contributed by atoms with Crippen molar-refractivity contribution in [1.29, 1.82) is 0 Å². The lowest BCUT2D eigenvalue weighted by Crippen LogP contribution is -2.10. The van der Waals surface area contributed by atoms with E-state index in [2.05, 4.69) is 5.32 Å². The van der Waals surface area contributed by atoms with Crippen molar-refractivity contribution in [3.8, 4) is 10.6 Å². The van der Waals surface area contributed by atoms with E-state index in [4.69, 9.17) is 9.72 Å². The Morgan fingerprint density at radius 2 is 1.96 bits per heavy atom. The fourth-order valence-corrected chi connectivity index (χ4v) is 4.90. The number of hydrogen-bond donors (Lipinski definition) is 1. The number of thiazole rings is 1. The molecule has 1 aromatic carbocycles. The number of ether oxygens (including phenoxy) is 1. The van der Waals surface area contributed by atoms with E-state index in [1.807, 2.05) is 38.1 Å². The maximum absolute atomic E-state index is 12.3. The van der Waals surface area contributed by atoms with Gasteiger partial charge in [-0.2, -0.15) is 0 Å². The van der Waals surface area contributed by atoms with Gasteiger partial charge in [-0.05, 0) is 38.0 Å². The first-order valence-electron chi connectivity index (χ1n) is 8.51. The van der Waals surface area contributed by atoms with Gasteiger partial charge < -0.3 is 10.1 Å². The van der Waals surface area contributed by atoms with E-state index in [0.29, 0.717) is 22.9 Å². The molecule has 0 aliphatic heterocycles. The Labute approximate surface area is 160 Å². The highest BCUT2D eigenvalue weighted by Gasteiger charge is 2.25. The summed E-state index contributed by atoms with van der Waals surface area (Å²) in [4.78, 5) is 29.7. The molecule has 136 valence electrons. The van der Waals surface area contributed by atoms with Crippen LogP contribution in [0.2, 0.25) is 0 Å². The Morgan fingerprint density at radius 3 is 2.65 bits per heavy atom. The van der Waals surface area contributed by atoms with Crippen LogP contribution < -0.4 is 5.32 Å². The second kappa shape index (κ2) is 7.97. The highest BCUT2D eigenvalue weighted by atomic mass is 32.1. The van der Waals surface area contributed by atoms with E-state index in [1.54, 1.807) is 18.3 Å². The fourth-order valence-electron chi connectivity index (χ4n) is 2.65. The van der Waals surface area contributed by atoms with E-state index in [1.165, 1.54) is 11.3 Å². The monoisotopic (exact) mass is 388 g/mol. The molecule has 0 saturated heterocycles. The number of nitrogens with one attached hydrogen (secondary N) is 1. The van der Waals surface area contributed by atoms with Crippen LogP contribution in [0.3, 0.4) is 0 Å². The average Bonchev–Trinajstić information content (AvgIpc) is 3.16. The van der Waals surface area contributed by atoms with Gasteiger partial charge in [-0.15, -0.1) is 22.7 Å². The highest BCUT2D eigenvalue weighted by molar-refractivity contribution is 7.23. The number of esters is 1. The number of thiophene rings is 1. The molecule has 0 aliphatic carbocycles. The number of nitrogens with zero attached hydrogens (tertiary/aromatic N) is 1. The molecule has 7 heteroatoms. The SMILES string of the molecule is CCCC(=O)Nc1sc(C(=O)OCC)c(C)c1-c1nc2ccccc2s1. The van der Waals surface area contributed by atoms with Gasteiger partial charge in [0.05, 0.1) is 16.8 Å². The summed E-state index contributed by atoms with van der Waals surface area (Å²) in [6, 6.07) is 7.89. The van der Waals surface area contributed by atoms with Crippen molar-refractivity contribution < 1.29 is 14.3 Å². The summed E-state index contributed by atoms with van der Waals surface area (Å²) in [6.45, 7) is 5.92. The molecular formula is C19H20N2O3S2. The zero-order chi connectivity index (χ0) is 18.7. The minimum atomic E-state index is -0.367. The molecule has 0 unspecified atom stereocenters. The molecule has 2 heterocycles. The molecule has 0 fully saturated rings. The van der Waals surface area contributed by atoms with Crippen molar-refractivity contribution in [3.05, 3.63) is 34.7 Å². The van der Waals surface area contributed by atoms with Crippen LogP contribution in [0.1, 0.15) is 41.9 Å². The van der Waals surface area contributed by atoms with Gasteiger partial charge in [0.15, 0.2) is 0 Å². The van der Waals surface area contributed by atoms with Crippen LogP contribution in [-0.4, -0.2) is 23.5 Å². The summed E-state index contributed by atoms with van der Waals surface area (Å²) >= 11 is 2.80. The Balaban J connectivity index is 2.11. The zero-order valence-electron chi connectivity index (χ0n) is 14.9. The van der Waals surface area contributed by atoms with Crippen molar-refractivity contribution in [1.82, 2.24) is 4.98 Å². The number of aromatic nitrogens is 1. The number of fused-ring (bicyclic) bond motifs is 1. The summed E-state index contributed by atoms with van der Waals surface area (Å²) in [5.74, 6) is -0.431. The van der Waals surface area contributed by atoms with Crippen LogP contribution in [0.4, 0.5) is 5.00 Å². The predicted molar refractivity (Wildman–Crippen MR) is 107 cm³/mol. The fraction of sp³-hybridized carbons (Fsp3) is 0.316. The normalized spacial score (nSPS) is 10.9. The molecule has 0 aliphatic rings. The Morgan fingerprint density at radius 1 is 1.19 bits per heavy atom.